The smallest absolute Gasteiger partial charge is 0.269 e. The first-order valence-corrected chi connectivity index (χ1v) is 5.29. The molecule has 0 bridgehead atoms. The number of imide groups is 2. The topological polar surface area (TPSA) is 66.5 Å². The van der Waals surface area contributed by atoms with Crippen LogP contribution in [0.5, 0.6) is 0 Å². The number of urea groups is 1. The van der Waals surface area contributed by atoms with Crippen molar-refractivity contribution in [3.63, 3.8) is 0 Å². The monoisotopic (exact) mass is 210 g/mol. The predicted octanol–water partition coefficient (Wildman–Crippen LogP) is 0.643. The highest BCUT2D eigenvalue weighted by molar-refractivity contribution is 6.44. The van der Waals surface area contributed by atoms with Crippen LogP contribution >= 0.6 is 0 Å². The maximum atomic E-state index is 11.5. The Hall–Kier alpha value is -1.39. The van der Waals surface area contributed by atoms with Crippen molar-refractivity contribution < 1.29 is 14.4 Å². The fraction of sp³-hybridized carbons (Fsp3) is 0.700. The zero-order valence-electron chi connectivity index (χ0n) is 8.66. The third-order valence-corrected chi connectivity index (χ3v) is 3.25. The van der Waals surface area contributed by atoms with Crippen LogP contribution in [0, 0.1) is 5.92 Å². The first kappa shape index (κ1) is 10.1. The third kappa shape index (κ3) is 1.62. The fourth-order valence-corrected chi connectivity index (χ4v) is 2.39. The molecule has 2 atom stereocenters. The number of nitrogens with zero attached hydrogens (tertiary/aromatic N) is 1. The summed E-state index contributed by atoms with van der Waals surface area (Å²) in [5.41, 5.74) is 0. The van der Waals surface area contributed by atoms with Crippen molar-refractivity contribution in [2.45, 2.75) is 38.6 Å². The van der Waals surface area contributed by atoms with E-state index < -0.39 is 17.8 Å². The van der Waals surface area contributed by atoms with E-state index in [9.17, 15) is 14.4 Å². The number of carbonyl (C=O) groups excluding carboxylic acids is 3. The molecule has 0 aromatic heterocycles. The summed E-state index contributed by atoms with van der Waals surface area (Å²) in [7, 11) is 0. The molecule has 4 amide bonds. The normalized spacial score (nSPS) is 32.1. The Morgan fingerprint density at radius 1 is 1.20 bits per heavy atom. The van der Waals surface area contributed by atoms with E-state index in [0.717, 1.165) is 30.6 Å². The summed E-state index contributed by atoms with van der Waals surface area (Å²) < 4.78 is 0. The molecule has 15 heavy (non-hydrogen) atoms. The van der Waals surface area contributed by atoms with Crippen molar-refractivity contribution in [2.75, 3.05) is 0 Å². The van der Waals surface area contributed by atoms with E-state index in [4.69, 9.17) is 0 Å². The zero-order valence-corrected chi connectivity index (χ0v) is 8.66. The average Bonchev–Trinajstić information content (AvgIpc) is 2.43. The van der Waals surface area contributed by atoms with Gasteiger partial charge in [0.15, 0.2) is 0 Å². The van der Waals surface area contributed by atoms with Gasteiger partial charge in [0.05, 0.1) is 0 Å². The minimum atomic E-state index is -0.794. The van der Waals surface area contributed by atoms with E-state index in [2.05, 4.69) is 0 Å². The van der Waals surface area contributed by atoms with Crippen LogP contribution in [0.25, 0.3) is 0 Å². The molecule has 2 rings (SSSR count). The molecular formula is C10H14N2O3. The van der Waals surface area contributed by atoms with Gasteiger partial charge in [-0.05, 0) is 18.8 Å². The summed E-state index contributed by atoms with van der Waals surface area (Å²) >= 11 is 0. The molecule has 1 saturated heterocycles. The molecule has 2 aliphatic rings. The van der Waals surface area contributed by atoms with Gasteiger partial charge in [0.1, 0.15) is 0 Å². The lowest BCUT2D eigenvalue weighted by molar-refractivity contribution is -0.141. The van der Waals surface area contributed by atoms with E-state index in [1.54, 1.807) is 0 Å². The van der Waals surface area contributed by atoms with Crippen molar-refractivity contribution in [3.05, 3.63) is 0 Å². The number of carbonyl (C=O) groups is 3. The van der Waals surface area contributed by atoms with Gasteiger partial charge in [0, 0.05) is 6.04 Å². The maximum Gasteiger partial charge on any atom is 0.331 e. The van der Waals surface area contributed by atoms with Crippen LogP contribution in [0.15, 0.2) is 0 Å². The lowest BCUT2D eigenvalue weighted by atomic mass is 9.85. The number of hydrogen-bond donors (Lipinski definition) is 1. The molecule has 1 heterocycles. The zero-order chi connectivity index (χ0) is 11.0. The molecule has 0 aromatic rings. The van der Waals surface area contributed by atoms with Crippen LogP contribution in [0.2, 0.25) is 0 Å². The second kappa shape index (κ2) is 3.64. The maximum absolute atomic E-state index is 11.5. The molecule has 0 unspecified atom stereocenters. The molecule has 1 saturated carbocycles. The van der Waals surface area contributed by atoms with Gasteiger partial charge < -0.3 is 0 Å². The molecule has 2 fully saturated rings. The number of amides is 4. The Labute approximate surface area is 87.8 Å². The third-order valence-electron chi connectivity index (χ3n) is 3.25. The Morgan fingerprint density at radius 3 is 2.40 bits per heavy atom. The molecule has 5 heteroatoms. The number of rotatable bonds is 1. The molecule has 1 aliphatic carbocycles. The molecule has 5 nitrogen and oxygen atoms in total. The SMILES string of the molecule is C[C@@H]1CCCC[C@H]1N1C(=O)NC(=O)C1=O. The second-order valence-corrected chi connectivity index (χ2v) is 4.26. The number of nitrogens with one attached hydrogen (secondary N) is 1. The van der Waals surface area contributed by atoms with E-state index in [1.165, 1.54) is 0 Å². The van der Waals surface area contributed by atoms with E-state index >= 15 is 0 Å². The summed E-state index contributed by atoms with van der Waals surface area (Å²) in [5, 5.41) is 2.03. The van der Waals surface area contributed by atoms with Crippen molar-refractivity contribution in [3.8, 4) is 0 Å². The summed E-state index contributed by atoms with van der Waals surface area (Å²) in [6.45, 7) is 2.02. The first-order valence-electron chi connectivity index (χ1n) is 5.29. The van der Waals surface area contributed by atoms with Gasteiger partial charge in [-0.15, -0.1) is 0 Å². The summed E-state index contributed by atoms with van der Waals surface area (Å²) in [6.07, 6.45) is 3.97. The molecule has 1 aliphatic heterocycles. The van der Waals surface area contributed by atoms with Crippen molar-refractivity contribution in [1.82, 2.24) is 10.2 Å². The van der Waals surface area contributed by atoms with Crippen LogP contribution < -0.4 is 5.32 Å². The van der Waals surface area contributed by atoms with Crippen LogP contribution in [-0.2, 0) is 9.59 Å². The van der Waals surface area contributed by atoms with Gasteiger partial charge in [-0.2, -0.15) is 0 Å². The van der Waals surface area contributed by atoms with Crippen LogP contribution in [-0.4, -0.2) is 28.8 Å². The van der Waals surface area contributed by atoms with Crippen LogP contribution in [0.4, 0.5) is 4.79 Å². The van der Waals surface area contributed by atoms with Gasteiger partial charge in [-0.1, -0.05) is 19.8 Å². The average molecular weight is 210 g/mol. The first-order chi connectivity index (χ1) is 7.11. The summed E-state index contributed by atoms with van der Waals surface area (Å²) in [6, 6.07) is -0.651. The Balaban J connectivity index is 2.18. The lowest BCUT2D eigenvalue weighted by Crippen LogP contribution is -2.45. The lowest BCUT2D eigenvalue weighted by Gasteiger charge is -2.33. The van der Waals surface area contributed by atoms with Gasteiger partial charge in [-0.3, -0.25) is 19.8 Å². The number of hydrogen-bond acceptors (Lipinski definition) is 3. The molecule has 0 radical (unpaired) electrons. The Kier molecular flexibility index (Phi) is 2.46. The predicted molar refractivity (Wildman–Crippen MR) is 51.8 cm³/mol. The van der Waals surface area contributed by atoms with Gasteiger partial charge in [0.2, 0.25) is 0 Å². The quantitative estimate of drug-likeness (QED) is 0.510. The molecular weight excluding hydrogens is 196 g/mol. The Morgan fingerprint density at radius 2 is 1.87 bits per heavy atom. The minimum Gasteiger partial charge on any atom is -0.269 e. The molecule has 0 aromatic carbocycles. The standard InChI is InChI=1S/C10H14N2O3/c1-6-4-2-3-5-7(6)12-9(14)8(13)11-10(12)15/h6-7H,2-5H2,1H3,(H,11,13,15)/t6-,7-/m1/s1. The summed E-state index contributed by atoms with van der Waals surface area (Å²) in [4.78, 5) is 35.0. The highest BCUT2D eigenvalue weighted by Crippen LogP contribution is 2.29. The highest BCUT2D eigenvalue weighted by Gasteiger charge is 2.43. The molecule has 1 N–H and O–H groups in total. The minimum absolute atomic E-state index is 0.0994. The highest BCUT2D eigenvalue weighted by atomic mass is 16.2. The van der Waals surface area contributed by atoms with Crippen molar-refractivity contribution in [2.24, 2.45) is 5.92 Å². The second-order valence-electron chi connectivity index (χ2n) is 4.26. The Bertz CT molecular complexity index is 327. The van der Waals surface area contributed by atoms with Crippen molar-refractivity contribution >= 4 is 17.8 Å². The van der Waals surface area contributed by atoms with E-state index in [-0.39, 0.29) is 6.04 Å². The fourth-order valence-electron chi connectivity index (χ4n) is 2.39. The largest absolute Gasteiger partial charge is 0.331 e. The van der Waals surface area contributed by atoms with Gasteiger partial charge >= 0.3 is 17.8 Å². The van der Waals surface area contributed by atoms with E-state index in [0.29, 0.717) is 5.92 Å². The van der Waals surface area contributed by atoms with E-state index in [1.807, 2.05) is 12.2 Å². The summed E-state index contributed by atoms with van der Waals surface area (Å²) in [5.74, 6) is -1.20. The van der Waals surface area contributed by atoms with Crippen LogP contribution in [0.1, 0.15) is 32.6 Å². The van der Waals surface area contributed by atoms with Gasteiger partial charge in [0.25, 0.3) is 0 Å². The molecule has 82 valence electrons. The van der Waals surface area contributed by atoms with Gasteiger partial charge in [-0.25, -0.2) is 4.79 Å². The van der Waals surface area contributed by atoms with Crippen molar-refractivity contribution in [1.29, 1.82) is 0 Å². The molecule has 0 spiro atoms. The van der Waals surface area contributed by atoms with Crippen LogP contribution in [0.3, 0.4) is 0 Å².